The van der Waals surface area contributed by atoms with Crippen LogP contribution in [0.3, 0.4) is 0 Å². The Hall–Kier alpha value is -1.61. The number of rotatable bonds is 2. The lowest BCUT2D eigenvalue weighted by molar-refractivity contribution is 0.181. The van der Waals surface area contributed by atoms with Crippen molar-refractivity contribution in [2.24, 2.45) is 0 Å². The molecule has 1 aromatic carbocycles. The van der Waals surface area contributed by atoms with E-state index in [1.54, 1.807) is 13.2 Å². The summed E-state index contributed by atoms with van der Waals surface area (Å²) >= 11 is 0. The molecule has 16 heavy (non-hydrogen) atoms. The molecule has 1 N–H and O–H groups in total. The van der Waals surface area contributed by atoms with Gasteiger partial charge in [-0.05, 0) is 25.0 Å². The van der Waals surface area contributed by atoms with Crippen molar-refractivity contribution in [3.05, 3.63) is 45.2 Å². The summed E-state index contributed by atoms with van der Waals surface area (Å²) in [6.07, 6.45) is 0. The van der Waals surface area contributed by atoms with E-state index in [-0.39, 0.29) is 5.43 Å². The molecule has 0 aliphatic rings. The van der Waals surface area contributed by atoms with Gasteiger partial charge in [-0.25, -0.2) is 0 Å². The second-order valence-corrected chi connectivity index (χ2v) is 4.04. The molecule has 1 aromatic heterocycles. The summed E-state index contributed by atoms with van der Waals surface area (Å²) in [4.78, 5) is 15.2. The number of pyridine rings is 1. The van der Waals surface area contributed by atoms with E-state index in [0.29, 0.717) is 6.61 Å². The maximum absolute atomic E-state index is 12.0. The normalized spacial score (nSPS) is 10.9. The molecule has 0 aliphatic heterocycles. The zero-order valence-corrected chi connectivity index (χ0v) is 9.76. The summed E-state index contributed by atoms with van der Waals surface area (Å²) in [6, 6.07) is 5.60. The van der Waals surface area contributed by atoms with Crippen LogP contribution in [-0.2, 0) is 11.3 Å². The number of ether oxygens (including phenoxy) is 1. The van der Waals surface area contributed by atoms with E-state index in [2.05, 4.69) is 4.98 Å². The number of nitrogens with one attached hydrogen (secondary N) is 1. The van der Waals surface area contributed by atoms with Gasteiger partial charge in [0.2, 0.25) is 0 Å². The molecule has 0 aliphatic carbocycles. The van der Waals surface area contributed by atoms with Gasteiger partial charge in [0.05, 0.1) is 12.1 Å². The smallest absolute Gasteiger partial charge is 0.190 e. The van der Waals surface area contributed by atoms with E-state index in [1.807, 2.05) is 26.0 Å². The molecule has 0 bridgehead atoms. The number of aromatic amines is 1. The van der Waals surface area contributed by atoms with Gasteiger partial charge >= 0.3 is 0 Å². The number of H-pyrrole nitrogens is 1. The fraction of sp³-hybridized carbons (Fsp3) is 0.308. The summed E-state index contributed by atoms with van der Waals surface area (Å²) in [5.74, 6) is 0. The quantitative estimate of drug-likeness (QED) is 0.838. The molecule has 84 valence electrons. The largest absolute Gasteiger partial charge is 0.378 e. The minimum Gasteiger partial charge on any atom is -0.378 e. The number of aryl methyl sites for hydroxylation is 2. The minimum atomic E-state index is 0.0574. The van der Waals surface area contributed by atoms with Gasteiger partial charge < -0.3 is 9.72 Å². The second kappa shape index (κ2) is 4.10. The first kappa shape index (κ1) is 10.9. The summed E-state index contributed by atoms with van der Waals surface area (Å²) in [7, 11) is 1.62. The van der Waals surface area contributed by atoms with Crippen molar-refractivity contribution in [2.45, 2.75) is 20.5 Å². The highest BCUT2D eigenvalue weighted by Gasteiger charge is 2.06. The van der Waals surface area contributed by atoms with Crippen molar-refractivity contribution in [1.29, 1.82) is 0 Å². The Kier molecular flexibility index (Phi) is 2.79. The van der Waals surface area contributed by atoms with Crippen LogP contribution in [0, 0.1) is 13.8 Å². The second-order valence-electron chi connectivity index (χ2n) is 4.04. The van der Waals surface area contributed by atoms with Crippen LogP contribution in [-0.4, -0.2) is 12.1 Å². The number of benzene rings is 1. The van der Waals surface area contributed by atoms with Gasteiger partial charge in [0.1, 0.15) is 0 Å². The van der Waals surface area contributed by atoms with Crippen molar-refractivity contribution >= 4 is 10.9 Å². The van der Waals surface area contributed by atoms with Crippen LogP contribution in [0.5, 0.6) is 0 Å². The highest BCUT2D eigenvalue weighted by Crippen LogP contribution is 2.17. The lowest BCUT2D eigenvalue weighted by atomic mass is 10.0. The lowest BCUT2D eigenvalue weighted by Crippen LogP contribution is -2.08. The minimum absolute atomic E-state index is 0.0574. The maximum Gasteiger partial charge on any atom is 0.190 e. The van der Waals surface area contributed by atoms with Crippen molar-refractivity contribution in [3.8, 4) is 0 Å². The number of fused-ring (bicyclic) bond motifs is 1. The average molecular weight is 217 g/mol. The van der Waals surface area contributed by atoms with Gasteiger partial charge in [-0.2, -0.15) is 0 Å². The van der Waals surface area contributed by atoms with Crippen molar-refractivity contribution < 1.29 is 4.74 Å². The molecule has 0 amide bonds. The van der Waals surface area contributed by atoms with E-state index in [9.17, 15) is 4.79 Å². The summed E-state index contributed by atoms with van der Waals surface area (Å²) in [5.41, 5.74) is 3.87. The molecular weight excluding hydrogens is 202 g/mol. The number of hydrogen-bond acceptors (Lipinski definition) is 2. The summed E-state index contributed by atoms with van der Waals surface area (Å²) < 4.78 is 5.03. The van der Waals surface area contributed by atoms with Crippen LogP contribution < -0.4 is 5.43 Å². The fourth-order valence-corrected chi connectivity index (χ4v) is 1.95. The molecule has 3 nitrogen and oxygen atoms in total. The van der Waals surface area contributed by atoms with E-state index < -0.39 is 0 Å². The molecule has 0 unspecified atom stereocenters. The molecule has 2 rings (SSSR count). The number of hydrogen-bond donors (Lipinski definition) is 1. The predicted molar refractivity (Wildman–Crippen MR) is 64.8 cm³/mol. The van der Waals surface area contributed by atoms with E-state index >= 15 is 0 Å². The van der Waals surface area contributed by atoms with Crippen molar-refractivity contribution in [3.63, 3.8) is 0 Å². The first-order valence-corrected chi connectivity index (χ1v) is 5.24. The monoisotopic (exact) mass is 217 g/mol. The van der Waals surface area contributed by atoms with E-state index in [0.717, 1.165) is 27.7 Å². The molecule has 0 spiro atoms. The molecule has 3 heteroatoms. The van der Waals surface area contributed by atoms with Crippen LogP contribution >= 0.6 is 0 Å². The predicted octanol–water partition coefficient (Wildman–Crippen LogP) is 2.29. The number of aromatic nitrogens is 1. The Morgan fingerprint density at radius 2 is 1.94 bits per heavy atom. The summed E-state index contributed by atoms with van der Waals surface area (Å²) in [6.45, 7) is 4.37. The molecule has 0 atom stereocenters. The third-order valence-electron chi connectivity index (χ3n) is 2.76. The average Bonchev–Trinajstić information content (AvgIpc) is 2.23. The summed E-state index contributed by atoms with van der Waals surface area (Å²) in [5, 5.41) is 0.778. The molecule has 0 radical (unpaired) electrons. The van der Waals surface area contributed by atoms with Crippen LogP contribution in [0.2, 0.25) is 0 Å². The Morgan fingerprint density at radius 3 is 2.62 bits per heavy atom. The SMILES string of the molecule is COCc1cc(=O)c2c(C)ccc(C)c2[nH]1. The van der Waals surface area contributed by atoms with Gasteiger partial charge in [-0.15, -0.1) is 0 Å². The topological polar surface area (TPSA) is 42.1 Å². The highest BCUT2D eigenvalue weighted by molar-refractivity contribution is 5.84. The highest BCUT2D eigenvalue weighted by atomic mass is 16.5. The molecule has 2 aromatic rings. The zero-order valence-electron chi connectivity index (χ0n) is 9.76. The van der Waals surface area contributed by atoms with Crippen LogP contribution in [0.4, 0.5) is 0 Å². The fourth-order valence-electron chi connectivity index (χ4n) is 1.95. The third kappa shape index (κ3) is 1.74. The van der Waals surface area contributed by atoms with Gasteiger partial charge in [-0.1, -0.05) is 12.1 Å². The molecule has 0 saturated carbocycles. The van der Waals surface area contributed by atoms with E-state index in [4.69, 9.17) is 4.74 Å². The van der Waals surface area contributed by atoms with E-state index in [1.165, 1.54) is 0 Å². The molecular formula is C13H15NO2. The Balaban J connectivity index is 2.81. The molecule has 1 heterocycles. The zero-order chi connectivity index (χ0) is 11.7. The van der Waals surface area contributed by atoms with Gasteiger partial charge in [0.25, 0.3) is 0 Å². The maximum atomic E-state index is 12.0. The molecule has 0 fully saturated rings. The van der Waals surface area contributed by atoms with Crippen LogP contribution in [0.25, 0.3) is 10.9 Å². The Bertz CT molecular complexity index is 584. The first-order valence-electron chi connectivity index (χ1n) is 5.24. The number of methoxy groups -OCH3 is 1. The van der Waals surface area contributed by atoms with Crippen LogP contribution in [0.15, 0.2) is 23.0 Å². The standard InChI is InChI=1S/C13H15NO2/c1-8-4-5-9(2)13-12(8)11(15)6-10(14-13)7-16-3/h4-6H,7H2,1-3H3,(H,14,15). The third-order valence-corrected chi connectivity index (χ3v) is 2.76. The van der Waals surface area contributed by atoms with Gasteiger partial charge in [-0.3, -0.25) is 4.79 Å². The van der Waals surface area contributed by atoms with Crippen LogP contribution in [0.1, 0.15) is 16.8 Å². The van der Waals surface area contributed by atoms with Gasteiger partial charge in [0, 0.05) is 24.3 Å². The first-order chi connectivity index (χ1) is 7.63. The van der Waals surface area contributed by atoms with Crippen molar-refractivity contribution in [1.82, 2.24) is 4.98 Å². The van der Waals surface area contributed by atoms with Crippen molar-refractivity contribution in [2.75, 3.05) is 7.11 Å². The Morgan fingerprint density at radius 1 is 1.25 bits per heavy atom. The lowest BCUT2D eigenvalue weighted by Gasteiger charge is -2.07. The van der Waals surface area contributed by atoms with Gasteiger partial charge in [0.15, 0.2) is 5.43 Å². The Labute approximate surface area is 94.1 Å². The molecule has 0 saturated heterocycles.